The fourth-order valence-corrected chi connectivity index (χ4v) is 3.27. The van der Waals surface area contributed by atoms with Crippen molar-refractivity contribution in [3.63, 3.8) is 0 Å². The van der Waals surface area contributed by atoms with Gasteiger partial charge in [0.2, 0.25) is 0 Å². The van der Waals surface area contributed by atoms with Crippen LogP contribution in [0.1, 0.15) is 35.9 Å². The topological polar surface area (TPSA) is 77.2 Å². The van der Waals surface area contributed by atoms with E-state index < -0.39 is 6.03 Å². The average molecular weight is 366 g/mol. The van der Waals surface area contributed by atoms with Gasteiger partial charge in [-0.2, -0.15) is 0 Å². The first kappa shape index (κ1) is 18.9. The van der Waals surface area contributed by atoms with E-state index in [0.717, 1.165) is 35.5 Å². The molecule has 6 heteroatoms. The van der Waals surface area contributed by atoms with Gasteiger partial charge >= 0.3 is 6.03 Å². The van der Waals surface area contributed by atoms with Crippen molar-refractivity contribution in [1.82, 2.24) is 15.6 Å². The summed E-state index contributed by atoms with van der Waals surface area (Å²) in [6, 6.07) is 9.03. The molecule has 0 saturated heterocycles. The van der Waals surface area contributed by atoms with E-state index in [9.17, 15) is 9.59 Å². The summed E-state index contributed by atoms with van der Waals surface area (Å²) in [6.07, 6.45) is 2.87. The molecule has 0 atom stereocenters. The van der Waals surface area contributed by atoms with Gasteiger partial charge in [-0.05, 0) is 50.6 Å². The zero-order valence-corrected chi connectivity index (χ0v) is 16.1. The summed E-state index contributed by atoms with van der Waals surface area (Å²) in [7, 11) is 0. The van der Waals surface area contributed by atoms with Crippen LogP contribution in [0.3, 0.4) is 0 Å². The molecule has 1 aromatic carbocycles. The van der Waals surface area contributed by atoms with Gasteiger partial charge in [0, 0.05) is 30.0 Å². The Labute approximate surface area is 159 Å². The molecular formula is C21H26N4O2. The maximum absolute atomic E-state index is 13.0. The number of nitrogens with one attached hydrogen (secondary N) is 3. The number of carbonyl (C=O) groups excluding carboxylic acids is 2. The van der Waals surface area contributed by atoms with Crippen molar-refractivity contribution in [2.75, 3.05) is 24.5 Å². The molecule has 0 unspecified atom stereocenters. The van der Waals surface area contributed by atoms with Gasteiger partial charge in [0.05, 0.1) is 11.3 Å². The molecule has 142 valence electrons. The molecule has 0 radical (unpaired) electrons. The summed E-state index contributed by atoms with van der Waals surface area (Å²) in [6.45, 7) is 8.11. The second-order valence-corrected chi connectivity index (χ2v) is 6.75. The van der Waals surface area contributed by atoms with Gasteiger partial charge in [0.1, 0.15) is 0 Å². The molecule has 1 aliphatic rings. The number of H-pyrrole nitrogens is 1. The van der Waals surface area contributed by atoms with Gasteiger partial charge in [-0.1, -0.05) is 25.1 Å². The van der Waals surface area contributed by atoms with Crippen molar-refractivity contribution in [2.45, 2.75) is 27.2 Å². The lowest BCUT2D eigenvalue weighted by Crippen LogP contribution is -2.44. The molecule has 2 heterocycles. The molecular weight excluding hydrogens is 340 g/mol. The molecule has 3 N–H and O–H groups in total. The highest BCUT2D eigenvalue weighted by atomic mass is 16.2. The summed E-state index contributed by atoms with van der Waals surface area (Å²) in [5.74, 6) is -0.304. The van der Waals surface area contributed by atoms with Crippen molar-refractivity contribution in [1.29, 1.82) is 0 Å². The minimum atomic E-state index is -0.395. The van der Waals surface area contributed by atoms with Crippen LogP contribution in [0.4, 0.5) is 10.5 Å². The maximum atomic E-state index is 13.0. The number of imide groups is 1. The SMILES string of the molecule is CCCNCCNC(=O)N1C(=O)/C(=C\c2[nH]c(C)cc2C)c2ccccc21. The smallest absolute Gasteiger partial charge is 0.329 e. The Kier molecular flexibility index (Phi) is 5.76. The van der Waals surface area contributed by atoms with E-state index in [1.807, 2.05) is 44.2 Å². The number of amides is 3. The lowest BCUT2D eigenvalue weighted by molar-refractivity contribution is -0.112. The van der Waals surface area contributed by atoms with Gasteiger partial charge in [-0.15, -0.1) is 0 Å². The number of hydrogen-bond donors (Lipinski definition) is 3. The van der Waals surface area contributed by atoms with Crippen LogP contribution in [0.15, 0.2) is 30.3 Å². The molecule has 1 aromatic heterocycles. The monoisotopic (exact) mass is 366 g/mol. The lowest BCUT2D eigenvalue weighted by Gasteiger charge is -2.16. The van der Waals surface area contributed by atoms with Crippen molar-refractivity contribution in [2.24, 2.45) is 0 Å². The maximum Gasteiger partial charge on any atom is 0.329 e. The summed E-state index contributed by atoms with van der Waals surface area (Å²) in [5.41, 5.74) is 4.90. The lowest BCUT2D eigenvalue weighted by atomic mass is 10.1. The third kappa shape index (κ3) is 3.95. The van der Waals surface area contributed by atoms with Gasteiger partial charge in [0.15, 0.2) is 0 Å². The van der Waals surface area contributed by atoms with Crippen LogP contribution in [0.25, 0.3) is 11.6 Å². The highest BCUT2D eigenvalue weighted by Gasteiger charge is 2.36. The summed E-state index contributed by atoms with van der Waals surface area (Å²) >= 11 is 0. The van der Waals surface area contributed by atoms with Crippen molar-refractivity contribution in [3.8, 4) is 0 Å². The summed E-state index contributed by atoms with van der Waals surface area (Å²) < 4.78 is 0. The Balaban J connectivity index is 1.84. The van der Waals surface area contributed by atoms with Crippen LogP contribution >= 0.6 is 0 Å². The molecule has 3 rings (SSSR count). The summed E-state index contributed by atoms with van der Waals surface area (Å²) in [4.78, 5) is 30.2. The first-order valence-corrected chi connectivity index (χ1v) is 9.33. The van der Waals surface area contributed by atoms with E-state index in [1.165, 1.54) is 4.90 Å². The van der Waals surface area contributed by atoms with E-state index >= 15 is 0 Å². The quantitative estimate of drug-likeness (QED) is 0.543. The Morgan fingerprint density at radius 3 is 2.67 bits per heavy atom. The van der Waals surface area contributed by atoms with E-state index in [0.29, 0.717) is 24.4 Å². The number of para-hydroxylation sites is 1. The standard InChI is InChI=1S/C21H26N4O2/c1-4-9-22-10-11-23-21(27)25-19-8-6-5-7-16(19)17(20(25)26)13-18-14(2)12-15(3)24-18/h5-8,12-13,22,24H,4,9-11H2,1-3H3,(H,23,27)/b17-13-. The fraction of sp³-hybridized carbons (Fsp3) is 0.333. The van der Waals surface area contributed by atoms with Crippen LogP contribution in [0.5, 0.6) is 0 Å². The van der Waals surface area contributed by atoms with E-state index in [1.54, 1.807) is 6.07 Å². The number of aryl methyl sites for hydroxylation is 2. The number of nitrogens with zero attached hydrogens (tertiary/aromatic N) is 1. The van der Waals surface area contributed by atoms with Gasteiger partial charge in [0.25, 0.3) is 5.91 Å². The average Bonchev–Trinajstić information content (AvgIpc) is 3.11. The van der Waals surface area contributed by atoms with Crippen molar-refractivity contribution in [3.05, 3.63) is 52.8 Å². The van der Waals surface area contributed by atoms with Crippen molar-refractivity contribution >= 4 is 29.3 Å². The number of aromatic amines is 1. The van der Waals surface area contributed by atoms with Crippen molar-refractivity contribution < 1.29 is 9.59 Å². The molecule has 27 heavy (non-hydrogen) atoms. The fourth-order valence-electron chi connectivity index (χ4n) is 3.27. The molecule has 0 spiro atoms. The number of rotatable bonds is 6. The third-order valence-electron chi connectivity index (χ3n) is 4.55. The molecule has 6 nitrogen and oxygen atoms in total. The predicted octanol–water partition coefficient (Wildman–Crippen LogP) is 3.23. The van der Waals surface area contributed by atoms with Crippen LogP contribution in [0.2, 0.25) is 0 Å². The Hall–Kier alpha value is -2.86. The number of carbonyl (C=O) groups is 2. The van der Waals surface area contributed by atoms with Gasteiger partial charge in [-0.25, -0.2) is 9.69 Å². The largest absolute Gasteiger partial charge is 0.359 e. The molecule has 3 amide bonds. The number of fused-ring (bicyclic) bond motifs is 1. The van der Waals surface area contributed by atoms with E-state index in [-0.39, 0.29) is 5.91 Å². The minimum absolute atomic E-state index is 0.304. The van der Waals surface area contributed by atoms with Crippen LogP contribution < -0.4 is 15.5 Å². The second kappa shape index (κ2) is 8.22. The zero-order chi connectivity index (χ0) is 19.4. The number of benzene rings is 1. The van der Waals surface area contributed by atoms with Gasteiger partial charge in [-0.3, -0.25) is 4.79 Å². The van der Waals surface area contributed by atoms with Gasteiger partial charge < -0.3 is 15.6 Å². The van der Waals surface area contributed by atoms with Crippen LogP contribution in [-0.2, 0) is 4.79 Å². The Morgan fingerprint density at radius 2 is 1.96 bits per heavy atom. The summed E-state index contributed by atoms with van der Waals surface area (Å²) in [5, 5.41) is 6.05. The number of hydrogen-bond acceptors (Lipinski definition) is 3. The Bertz CT molecular complexity index is 882. The number of aromatic nitrogens is 1. The predicted molar refractivity (Wildman–Crippen MR) is 109 cm³/mol. The molecule has 0 fully saturated rings. The number of urea groups is 1. The van der Waals surface area contributed by atoms with Crippen LogP contribution in [0, 0.1) is 13.8 Å². The Morgan fingerprint density at radius 1 is 1.19 bits per heavy atom. The highest BCUT2D eigenvalue weighted by Crippen LogP contribution is 2.37. The minimum Gasteiger partial charge on any atom is -0.359 e. The van der Waals surface area contributed by atoms with E-state index in [4.69, 9.17) is 0 Å². The molecule has 0 saturated carbocycles. The molecule has 0 aliphatic carbocycles. The first-order valence-electron chi connectivity index (χ1n) is 9.33. The number of anilines is 1. The normalized spacial score (nSPS) is 14.7. The molecule has 0 bridgehead atoms. The first-order chi connectivity index (χ1) is 13.0. The third-order valence-corrected chi connectivity index (χ3v) is 4.55. The van der Waals surface area contributed by atoms with Crippen LogP contribution in [-0.4, -0.2) is 36.6 Å². The molecule has 2 aromatic rings. The highest BCUT2D eigenvalue weighted by molar-refractivity contribution is 6.41. The zero-order valence-electron chi connectivity index (χ0n) is 16.1. The van der Waals surface area contributed by atoms with E-state index in [2.05, 4.69) is 22.5 Å². The second-order valence-electron chi connectivity index (χ2n) is 6.75. The molecule has 1 aliphatic heterocycles.